The summed E-state index contributed by atoms with van der Waals surface area (Å²) in [7, 11) is 1.57. The molecule has 5 aromatic carbocycles. The van der Waals surface area contributed by atoms with Gasteiger partial charge in [-0.1, -0.05) is 84.6 Å². The fraction of sp³-hybridized carbons (Fsp3) is 0.234. The number of hydrogen-bond acceptors (Lipinski definition) is 9. The third-order valence-electron chi connectivity index (χ3n) is 11.2. The van der Waals surface area contributed by atoms with Crippen molar-refractivity contribution in [1.82, 2.24) is 10.2 Å². The molecule has 0 saturated carbocycles. The van der Waals surface area contributed by atoms with Gasteiger partial charge in [0.15, 0.2) is 0 Å². The summed E-state index contributed by atoms with van der Waals surface area (Å²) in [4.78, 5) is 61.5. The summed E-state index contributed by atoms with van der Waals surface area (Å²) in [5.74, 6) is 2.49. The lowest BCUT2D eigenvalue weighted by molar-refractivity contribution is -0.179. The van der Waals surface area contributed by atoms with Crippen LogP contribution in [0.2, 0.25) is 0 Å². The Kier molecular flexibility index (Phi) is 10.6. The molecule has 3 amide bonds. The number of rotatable bonds is 9. The molecule has 3 N–H and O–H groups in total. The number of urea groups is 1. The second kappa shape index (κ2) is 16.1. The molecule has 6 atom stereocenters. The largest absolute Gasteiger partial charge is 0.497 e. The van der Waals surface area contributed by atoms with Crippen molar-refractivity contribution in [2.45, 2.75) is 36.6 Å². The number of hydrogen-bond donors (Lipinski definition) is 3. The zero-order valence-corrected chi connectivity index (χ0v) is 32.3. The van der Waals surface area contributed by atoms with Crippen LogP contribution in [0.3, 0.4) is 0 Å². The van der Waals surface area contributed by atoms with Crippen molar-refractivity contribution in [1.29, 1.82) is 0 Å². The average Bonchev–Trinajstić information content (AvgIpc) is 3.72. The number of carboxylic acids is 1. The number of cyclic esters (lactones) is 1. The molecule has 0 aromatic heterocycles. The van der Waals surface area contributed by atoms with Gasteiger partial charge in [0, 0.05) is 17.7 Å². The second-order valence-corrected chi connectivity index (χ2v) is 14.4. The maximum atomic E-state index is 15.8. The molecule has 59 heavy (non-hydrogen) atoms. The Balaban J connectivity index is 1.44. The zero-order chi connectivity index (χ0) is 41.3. The average molecular weight is 792 g/mol. The molecule has 0 radical (unpaired) electrons. The predicted octanol–water partition coefficient (Wildman–Crippen LogP) is 5.95. The third kappa shape index (κ3) is 6.64. The van der Waals surface area contributed by atoms with Gasteiger partial charge in [-0.15, -0.1) is 0 Å². The minimum Gasteiger partial charge on any atom is -0.497 e. The molecule has 8 rings (SSSR count). The molecular formula is C47H41N3O9. The number of anilines is 1. The van der Waals surface area contributed by atoms with Crippen molar-refractivity contribution >= 4 is 29.6 Å². The molecule has 0 aliphatic carbocycles. The van der Waals surface area contributed by atoms with Gasteiger partial charge in [0.25, 0.3) is 0 Å². The lowest BCUT2D eigenvalue weighted by atomic mass is 9.65. The van der Waals surface area contributed by atoms with E-state index in [1.54, 1.807) is 85.7 Å². The maximum absolute atomic E-state index is 15.8. The number of amides is 3. The van der Waals surface area contributed by atoms with Crippen LogP contribution in [-0.2, 0) is 24.5 Å². The van der Waals surface area contributed by atoms with Crippen LogP contribution < -0.4 is 19.7 Å². The van der Waals surface area contributed by atoms with Crippen molar-refractivity contribution in [2.75, 3.05) is 31.8 Å². The number of nitrogens with zero attached hydrogens (tertiary/aromatic N) is 2. The number of fused-ring (bicyclic) bond motifs is 3. The Bertz CT molecular complexity index is 2470. The fourth-order valence-corrected chi connectivity index (χ4v) is 8.95. The van der Waals surface area contributed by atoms with E-state index in [2.05, 4.69) is 17.2 Å². The summed E-state index contributed by atoms with van der Waals surface area (Å²) in [6.07, 6.45) is -0.930. The smallest absolute Gasteiger partial charge is 0.328 e. The van der Waals surface area contributed by atoms with E-state index < -0.39 is 59.4 Å². The number of aliphatic hydroxyl groups excluding tert-OH is 1. The molecule has 12 heteroatoms. The van der Waals surface area contributed by atoms with Crippen LogP contribution in [0.4, 0.5) is 10.5 Å². The van der Waals surface area contributed by atoms with Gasteiger partial charge in [0.1, 0.15) is 41.6 Å². The Morgan fingerprint density at radius 3 is 2.12 bits per heavy atom. The van der Waals surface area contributed by atoms with Crippen LogP contribution in [0.1, 0.15) is 58.5 Å². The van der Waals surface area contributed by atoms with Gasteiger partial charge in [0.05, 0.1) is 31.5 Å². The minimum absolute atomic E-state index is 0.0264. The van der Waals surface area contributed by atoms with Crippen molar-refractivity contribution in [3.05, 3.63) is 161 Å². The standard InChI is InChI=1S/C47H41N3O9/c1-3-48-46(56)49-37-24-21-30(18-17-29-19-22-34(57-2)23-20-29)27-36(37)47(45(49)55)38(43(52)53)40-44(54)59-41(32-13-8-5-9-14-32)39(31-11-6-4-7-12-31)50(40)42(47)33-15-10-16-35(28-33)58-26-25-51/h4-16,19-24,27-28,38-42,51H,3,25-26H2,1-2H3,(H,48,56)(H,52,53)/t38-,39-,40?,41+,42+,47?/m1/s1. The van der Waals surface area contributed by atoms with Gasteiger partial charge in [-0.05, 0) is 83.8 Å². The number of ether oxygens (including phenoxy) is 3. The summed E-state index contributed by atoms with van der Waals surface area (Å²) in [5.41, 5.74) is 1.23. The highest BCUT2D eigenvalue weighted by Crippen LogP contribution is 2.66. The topological polar surface area (TPSA) is 155 Å². The molecule has 3 heterocycles. The molecule has 12 nitrogen and oxygen atoms in total. The first-order chi connectivity index (χ1) is 28.7. The first-order valence-corrected chi connectivity index (χ1v) is 19.3. The molecular weight excluding hydrogens is 751 g/mol. The quantitative estimate of drug-likeness (QED) is 0.121. The van der Waals surface area contributed by atoms with E-state index in [0.717, 1.165) is 4.90 Å². The molecule has 5 aromatic rings. The summed E-state index contributed by atoms with van der Waals surface area (Å²) >= 11 is 0. The normalized spacial score (nSPS) is 23.1. The van der Waals surface area contributed by atoms with E-state index in [9.17, 15) is 24.6 Å². The highest BCUT2D eigenvalue weighted by molar-refractivity contribution is 6.24. The number of aliphatic hydroxyl groups is 1. The lowest BCUT2D eigenvalue weighted by Crippen LogP contribution is -2.54. The van der Waals surface area contributed by atoms with E-state index in [1.165, 1.54) is 0 Å². The molecule has 2 fully saturated rings. The molecule has 1 spiro atoms. The first-order valence-electron chi connectivity index (χ1n) is 19.3. The van der Waals surface area contributed by atoms with Crippen LogP contribution in [0, 0.1) is 17.8 Å². The third-order valence-corrected chi connectivity index (χ3v) is 11.2. The lowest BCUT2D eigenvalue weighted by Gasteiger charge is -2.46. The molecule has 2 unspecified atom stereocenters. The Labute approximate surface area is 340 Å². The summed E-state index contributed by atoms with van der Waals surface area (Å²) in [6, 6.07) is 33.2. The summed E-state index contributed by atoms with van der Waals surface area (Å²) in [5, 5.41) is 23.9. The molecule has 3 aliphatic heterocycles. The summed E-state index contributed by atoms with van der Waals surface area (Å²) < 4.78 is 17.5. The van der Waals surface area contributed by atoms with Crippen LogP contribution in [0.5, 0.6) is 11.5 Å². The second-order valence-electron chi connectivity index (χ2n) is 14.4. The number of carbonyl (C=O) groups excluding carboxylic acids is 3. The monoisotopic (exact) mass is 791 g/mol. The van der Waals surface area contributed by atoms with Gasteiger partial charge >= 0.3 is 18.0 Å². The van der Waals surface area contributed by atoms with Gasteiger partial charge in [-0.2, -0.15) is 0 Å². The first kappa shape index (κ1) is 38.9. The van der Waals surface area contributed by atoms with E-state index in [4.69, 9.17) is 14.2 Å². The number of carboxylic acid groups (broad SMARTS) is 1. The number of esters is 1. The number of benzene rings is 5. The van der Waals surface area contributed by atoms with E-state index in [0.29, 0.717) is 39.3 Å². The Hall–Kier alpha value is -6.94. The van der Waals surface area contributed by atoms with Gasteiger partial charge in [-0.25, -0.2) is 9.69 Å². The maximum Gasteiger partial charge on any atom is 0.328 e. The summed E-state index contributed by atoms with van der Waals surface area (Å²) in [6.45, 7) is 1.61. The van der Waals surface area contributed by atoms with Crippen molar-refractivity contribution in [3.8, 4) is 23.3 Å². The van der Waals surface area contributed by atoms with E-state index in [-0.39, 0.29) is 31.0 Å². The Morgan fingerprint density at radius 1 is 0.797 bits per heavy atom. The van der Waals surface area contributed by atoms with Gasteiger partial charge in [-0.3, -0.25) is 19.3 Å². The molecule has 2 saturated heterocycles. The number of imide groups is 1. The minimum atomic E-state index is -2.11. The zero-order valence-electron chi connectivity index (χ0n) is 32.3. The van der Waals surface area contributed by atoms with E-state index in [1.807, 2.05) is 60.7 Å². The number of carbonyl (C=O) groups is 4. The highest BCUT2D eigenvalue weighted by Gasteiger charge is 2.76. The SMILES string of the molecule is CCNC(=O)N1C(=O)C2(c3cc(C#Cc4ccc(OC)cc4)ccc31)[C@H](c1cccc(OCCO)c1)N1C(C(=O)O[C@@H](c3ccccc3)[C@H]1c1ccccc1)[C@@H]2C(=O)O. The van der Waals surface area contributed by atoms with Crippen molar-refractivity contribution < 1.29 is 43.6 Å². The van der Waals surface area contributed by atoms with Crippen LogP contribution in [0.15, 0.2) is 127 Å². The highest BCUT2D eigenvalue weighted by atomic mass is 16.6. The van der Waals surface area contributed by atoms with E-state index >= 15 is 4.79 Å². The van der Waals surface area contributed by atoms with Gasteiger partial charge < -0.3 is 29.7 Å². The Morgan fingerprint density at radius 2 is 1.46 bits per heavy atom. The molecule has 298 valence electrons. The van der Waals surface area contributed by atoms with Crippen LogP contribution in [0.25, 0.3) is 0 Å². The number of methoxy groups -OCH3 is 1. The fourth-order valence-electron chi connectivity index (χ4n) is 8.95. The number of nitrogens with one attached hydrogen (secondary N) is 1. The predicted molar refractivity (Wildman–Crippen MR) is 217 cm³/mol. The number of aliphatic carboxylic acids is 1. The molecule has 3 aliphatic rings. The van der Waals surface area contributed by atoms with Crippen molar-refractivity contribution in [2.24, 2.45) is 5.92 Å². The van der Waals surface area contributed by atoms with Crippen LogP contribution >= 0.6 is 0 Å². The van der Waals surface area contributed by atoms with Gasteiger partial charge in [0.2, 0.25) is 5.91 Å². The molecule has 0 bridgehead atoms. The number of morpholine rings is 1. The van der Waals surface area contributed by atoms with Crippen LogP contribution in [-0.4, -0.2) is 71.9 Å². The van der Waals surface area contributed by atoms with Crippen molar-refractivity contribution in [3.63, 3.8) is 0 Å².